The van der Waals surface area contributed by atoms with E-state index in [2.05, 4.69) is 34.5 Å². The molecule has 0 unspecified atom stereocenters. The topological polar surface area (TPSA) is 71.4 Å². The summed E-state index contributed by atoms with van der Waals surface area (Å²) in [6, 6.07) is 8.20. The summed E-state index contributed by atoms with van der Waals surface area (Å²) in [5, 5.41) is 1.19. The molecular weight excluding hydrogens is 382 g/mol. The van der Waals surface area contributed by atoms with Gasteiger partial charge < -0.3 is 9.47 Å². The number of carbonyl (C=O) groups excluding carboxylic acids is 1. The van der Waals surface area contributed by atoms with Gasteiger partial charge in [0.15, 0.2) is 0 Å². The van der Waals surface area contributed by atoms with Crippen LogP contribution in [0.5, 0.6) is 0 Å². The lowest BCUT2D eigenvalue weighted by Crippen LogP contribution is -2.47. The van der Waals surface area contributed by atoms with E-state index in [1.165, 1.54) is 10.9 Å². The fraction of sp³-hybridized carbons (Fsp3) is 0.526. The van der Waals surface area contributed by atoms with Crippen LogP contribution in [0.4, 0.5) is 0 Å². The van der Waals surface area contributed by atoms with E-state index in [-0.39, 0.29) is 17.7 Å². The summed E-state index contributed by atoms with van der Waals surface area (Å²) in [7, 11) is -3.18. The third-order valence-corrected chi connectivity index (χ3v) is 7.50. The minimum absolute atomic E-state index is 0.0609. The maximum Gasteiger partial charge on any atom is 0.232 e. The Labute approximate surface area is 165 Å². The average molecular weight is 410 g/mol. The van der Waals surface area contributed by atoms with Gasteiger partial charge >= 0.3 is 0 Å². The SMILES string of the molecule is CCn1cc(SCC(=O)N2CCC(NS(=O)(=O)CC)CC2)c2ccccc21. The number of amides is 1. The van der Waals surface area contributed by atoms with Crippen LogP contribution in [0.15, 0.2) is 35.4 Å². The molecule has 0 atom stereocenters. The molecule has 0 aliphatic carbocycles. The summed E-state index contributed by atoms with van der Waals surface area (Å²) in [5.74, 6) is 0.613. The van der Waals surface area contributed by atoms with E-state index in [1.807, 2.05) is 17.0 Å². The van der Waals surface area contributed by atoms with Gasteiger partial charge in [0.2, 0.25) is 15.9 Å². The third-order valence-electron chi connectivity index (χ3n) is 5.02. The van der Waals surface area contributed by atoms with Crippen LogP contribution in [0.25, 0.3) is 10.9 Å². The van der Waals surface area contributed by atoms with Crippen LogP contribution < -0.4 is 4.72 Å². The molecular formula is C19H27N3O3S2. The van der Waals surface area contributed by atoms with Crippen LogP contribution in [-0.2, 0) is 21.4 Å². The van der Waals surface area contributed by atoms with E-state index in [9.17, 15) is 13.2 Å². The van der Waals surface area contributed by atoms with E-state index in [0.29, 0.717) is 31.7 Å². The zero-order valence-electron chi connectivity index (χ0n) is 15.8. The molecule has 1 N–H and O–H groups in total. The van der Waals surface area contributed by atoms with Crippen molar-refractivity contribution in [2.45, 2.75) is 44.2 Å². The van der Waals surface area contributed by atoms with E-state index < -0.39 is 10.0 Å². The zero-order chi connectivity index (χ0) is 19.4. The second-order valence-corrected chi connectivity index (χ2v) is 9.82. The number of hydrogen-bond donors (Lipinski definition) is 1. The van der Waals surface area contributed by atoms with Crippen molar-refractivity contribution in [3.8, 4) is 0 Å². The number of likely N-dealkylation sites (tertiary alicyclic amines) is 1. The molecule has 2 aromatic rings. The molecule has 2 heterocycles. The highest BCUT2D eigenvalue weighted by Gasteiger charge is 2.25. The molecule has 1 aromatic carbocycles. The molecule has 27 heavy (non-hydrogen) atoms. The number of para-hydroxylation sites is 1. The quantitative estimate of drug-likeness (QED) is 0.714. The Morgan fingerprint density at radius 1 is 1.22 bits per heavy atom. The highest BCUT2D eigenvalue weighted by molar-refractivity contribution is 8.00. The van der Waals surface area contributed by atoms with Crippen LogP contribution >= 0.6 is 11.8 Å². The Morgan fingerprint density at radius 3 is 2.59 bits per heavy atom. The number of sulfonamides is 1. The van der Waals surface area contributed by atoms with Gasteiger partial charge in [0, 0.05) is 47.7 Å². The number of nitrogens with zero attached hydrogens (tertiary/aromatic N) is 2. The maximum atomic E-state index is 12.6. The summed E-state index contributed by atoms with van der Waals surface area (Å²) in [5.41, 5.74) is 1.19. The zero-order valence-corrected chi connectivity index (χ0v) is 17.5. The number of nitrogens with one attached hydrogen (secondary N) is 1. The van der Waals surface area contributed by atoms with Crippen molar-refractivity contribution in [2.24, 2.45) is 0 Å². The number of piperidine rings is 1. The van der Waals surface area contributed by atoms with Crippen LogP contribution in [0.3, 0.4) is 0 Å². The second-order valence-electron chi connectivity index (χ2n) is 6.76. The fourth-order valence-corrected chi connectivity index (χ4v) is 5.31. The molecule has 1 saturated heterocycles. The van der Waals surface area contributed by atoms with Crippen molar-refractivity contribution >= 4 is 38.6 Å². The first-order valence-electron chi connectivity index (χ1n) is 9.42. The molecule has 1 fully saturated rings. The van der Waals surface area contributed by atoms with Gasteiger partial charge in [-0.2, -0.15) is 0 Å². The molecule has 0 saturated carbocycles. The Bertz CT molecular complexity index is 900. The highest BCUT2D eigenvalue weighted by atomic mass is 32.2. The van der Waals surface area contributed by atoms with Gasteiger partial charge in [-0.15, -0.1) is 11.8 Å². The smallest absolute Gasteiger partial charge is 0.232 e. The summed E-state index contributed by atoms with van der Waals surface area (Å²) in [6.45, 7) is 5.85. The van der Waals surface area contributed by atoms with Crippen LogP contribution in [-0.4, -0.2) is 54.4 Å². The van der Waals surface area contributed by atoms with Gasteiger partial charge in [0.05, 0.1) is 11.5 Å². The minimum Gasteiger partial charge on any atom is -0.347 e. The van der Waals surface area contributed by atoms with Crippen molar-refractivity contribution < 1.29 is 13.2 Å². The Kier molecular flexibility index (Phi) is 6.49. The molecule has 0 bridgehead atoms. The van der Waals surface area contributed by atoms with E-state index in [4.69, 9.17) is 0 Å². The molecule has 8 heteroatoms. The minimum atomic E-state index is -3.18. The number of hydrogen-bond acceptors (Lipinski definition) is 4. The largest absolute Gasteiger partial charge is 0.347 e. The first-order chi connectivity index (χ1) is 12.9. The first kappa shape index (κ1) is 20.2. The van der Waals surface area contributed by atoms with Crippen molar-refractivity contribution in [1.29, 1.82) is 0 Å². The van der Waals surface area contributed by atoms with Gasteiger partial charge in [0.1, 0.15) is 0 Å². The lowest BCUT2D eigenvalue weighted by Gasteiger charge is -2.32. The van der Waals surface area contributed by atoms with Gasteiger partial charge in [-0.05, 0) is 32.8 Å². The van der Waals surface area contributed by atoms with Gasteiger partial charge in [-0.1, -0.05) is 18.2 Å². The number of fused-ring (bicyclic) bond motifs is 1. The molecule has 1 aliphatic rings. The molecule has 148 valence electrons. The van der Waals surface area contributed by atoms with Gasteiger partial charge in [-0.25, -0.2) is 13.1 Å². The third kappa shape index (κ3) is 4.86. The fourth-order valence-electron chi connectivity index (χ4n) is 3.40. The number of carbonyl (C=O) groups is 1. The molecule has 1 amide bonds. The molecule has 1 aromatic heterocycles. The van der Waals surface area contributed by atoms with Crippen LogP contribution in [0.2, 0.25) is 0 Å². The standard InChI is InChI=1S/C19H27N3O3S2/c1-3-21-13-18(16-7-5-6-8-17(16)21)26-14-19(23)22-11-9-15(10-12-22)20-27(24,25)4-2/h5-8,13,15,20H,3-4,9-12,14H2,1-2H3. The second kappa shape index (κ2) is 8.67. The van der Waals surface area contributed by atoms with Gasteiger partial charge in [0.25, 0.3) is 0 Å². The van der Waals surface area contributed by atoms with Crippen molar-refractivity contribution in [1.82, 2.24) is 14.2 Å². The number of aromatic nitrogens is 1. The highest BCUT2D eigenvalue weighted by Crippen LogP contribution is 2.30. The number of rotatable bonds is 7. The molecule has 0 radical (unpaired) electrons. The van der Waals surface area contributed by atoms with Crippen molar-refractivity contribution in [2.75, 3.05) is 24.6 Å². The monoisotopic (exact) mass is 409 g/mol. The predicted octanol–water partition coefficient (Wildman–Crippen LogP) is 2.68. The molecule has 6 nitrogen and oxygen atoms in total. The lowest BCUT2D eigenvalue weighted by atomic mass is 10.1. The normalized spacial score (nSPS) is 16.1. The molecule has 0 spiro atoms. The van der Waals surface area contributed by atoms with Crippen LogP contribution in [0.1, 0.15) is 26.7 Å². The summed E-state index contributed by atoms with van der Waals surface area (Å²) < 4.78 is 28.3. The van der Waals surface area contributed by atoms with E-state index in [1.54, 1.807) is 18.7 Å². The Balaban J connectivity index is 1.55. The lowest BCUT2D eigenvalue weighted by molar-refractivity contribution is -0.129. The van der Waals surface area contributed by atoms with E-state index in [0.717, 1.165) is 11.4 Å². The number of benzene rings is 1. The summed E-state index contributed by atoms with van der Waals surface area (Å²) in [4.78, 5) is 15.6. The Hall–Kier alpha value is -1.51. The van der Waals surface area contributed by atoms with Gasteiger partial charge in [-0.3, -0.25) is 4.79 Å². The van der Waals surface area contributed by atoms with Crippen molar-refractivity contribution in [3.63, 3.8) is 0 Å². The molecule has 3 rings (SSSR count). The molecule has 1 aliphatic heterocycles. The number of aryl methyl sites for hydroxylation is 1. The van der Waals surface area contributed by atoms with Crippen LogP contribution in [0, 0.1) is 0 Å². The van der Waals surface area contributed by atoms with E-state index >= 15 is 0 Å². The average Bonchev–Trinajstić information content (AvgIpc) is 3.04. The Morgan fingerprint density at radius 2 is 1.93 bits per heavy atom. The summed E-state index contributed by atoms with van der Waals surface area (Å²) in [6.07, 6.45) is 3.46. The number of thioether (sulfide) groups is 1. The maximum absolute atomic E-state index is 12.6. The summed E-state index contributed by atoms with van der Waals surface area (Å²) >= 11 is 1.58. The predicted molar refractivity (Wildman–Crippen MR) is 111 cm³/mol. The van der Waals surface area contributed by atoms with Crippen molar-refractivity contribution in [3.05, 3.63) is 30.5 Å². The first-order valence-corrected chi connectivity index (χ1v) is 12.1.